The molecule has 0 bridgehead atoms. The van der Waals surface area contributed by atoms with Gasteiger partial charge in [-0.05, 0) is 80.2 Å². The van der Waals surface area contributed by atoms with E-state index in [-0.39, 0.29) is 11.6 Å². The molecule has 0 amide bonds. The number of fused-ring (bicyclic) bond motifs is 1. The number of amidine groups is 1. The average Bonchev–Trinajstić information content (AvgIpc) is 3.30. The Kier molecular flexibility index (Phi) is 4.83. The number of aryl methyl sites for hydroxylation is 1. The minimum atomic E-state index is -3.43. The molecule has 1 fully saturated rings. The van der Waals surface area contributed by atoms with Gasteiger partial charge in [0.2, 0.25) is 0 Å². The van der Waals surface area contributed by atoms with Crippen LogP contribution in [0.4, 0.5) is 0 Å². The lowest BCUT2D eigenvalue weighted by Gasteiger charge is -2.38. The molecule has 2 aromatic rings. The SMILES string of the molecule is C=C(/C=C\c1sc2cc(C3CC3C)ccc2c1C)[C@]1(C)CS(=O)(=O)C(C)(C)C(N)=N1. The van der Waals surface area contributed by atoms with Crippen molar-refractivity contribution < 1.29 is 8.42 Å². The second-order valence-corrected chi connectivity index (χ2v) is 13.2. The first-order valence-corrected chi connectivity index (χ1v) is 12.8. The van der Waals surface area contributed by atoms with Crippen LogP contribution in [0.2, 0.25) is 0 Å². The van der Waals surface area contributed by atoms with Crippen LogP contribution in [-0.2, 0) is 9.84 Å². The maximum absolute atomic E-state index is 12.8. The van der Waals surface area contributed by atoms with Gasteiger partial charge in [0, 0.05) is 9.58 Å². The molecule has 2 heterocycles. The van der Waals surface area contributed by atoms with Crippen LogP contribution < -0.4 is 5.73 Å². The summed E-state index contributed by atoms with van der Waals surface area (Å²) in [4.78, 5) is 5.71. The molecule has 0 spiro atoms. The van der Waals surface area contributed by atoms with E-state index in [2.05, 4.69) is 43.6 Å². The van der Waals surface area contributed by atoms with Crippen molar-refractivity contribution in [3.8, 4) is 0 Å². The zero-order chi connectivity index (χ0) is 22.1. The van der Waals surface area contributed by atoms with Crippen LogP contribution in [0.5, 0.6) is 0 Å². The summed E-state index contributed by atoms with van der Waals surface area (Å²) >= 11 is 1.77. The lowest BCUT2D eigenvalue weighted by molar-refractivity contribution is 0.533. The molecule has 1 aliphatic heterocycles. The van der Waals surface area contributed by atoms with Crippen molar-refractivity contribution in [2.24, 2.45) is 16.6 Å². The minimum Gasteiger partial charge on any atom is -0.386 e. The largest absolute Gasteiger partial charge is 0.386 e. The van der Waals surface area contributed by atoms with Gasteiger partial charge in [-0.25, -0.2) is 8.42 Å². The Labute approximate surface area is 183 Å². The van der Waals surface area contributed by atoms with Crippen LogP contribution in [0.15, 0.2) is 41.4 Å². The number of thiophene rings is 1. The van der Waals surface area contributed by atoms with Gasteiger partial charge in [-0.15, -0.1) is 11.3 Å². The Morgan fingerprint density at radius 1 is 1.33 bits per heavy atom. The Hall–Kier alpha value is -1.92. The van der Waals surface area contributed by atoms with E-state index in [0.29, 0.717) is 11.5 Å². The second kappa shape index (κ2) is 6.79. The molecule has 3 atom stereocenters. The van der Waals surface area contributed by atoms with E-state index >= 15 is 0 Å². The topological polar surface area (TPSA) is 72.5 Å². The molecule has 4 nitrogen and oxygen atoms in total. The average molecular weight is 443 g/mol. The van der Waals surface area contributed by atoms with Crippen molar-refractivity contribution in [3.63, 3.8) is 0 Å². The smallest absolute Gasteiger partial charge is 0.165 e. The van der Waals surface area contributed by atoms with E-state index in [1.807, 2.05) is 12.2 Å². The molecule has 2 N–H and O–H groups in total. The molecule has 1 aromatic carbocycles. The van der Waals surface area contributed by atoms with Crippen molar-refractivity contribution in [2.75, 3.05) is 5.75 Å². The van der Waals surface area contributed by atoms with E-state index < -0.39 is 20.1 Å². The van der Waals surface area contributed by atoms with E-state index in [0.717, 1.165) is 10.8 Å². The quantitative estimate of drug-likeness (QED) is 0.659. The maximum Gasteiger partial charge on any atom is 0.165 e. The molecule has 160 valence electrons. The van der Waals surface area contributed by atoms with Gasteiger partial charge in [0.1, 0.15) is 10.6 Å². The lowest BCUT2D eigenvalue weighted by atomic mass is 9.94. The first kappa shape index (κ1) is 21.3. The normalized spacial score (nSPS) is 29.8. The third-order valence-corrected chi connectivity index (χ3v) is 10.8. The van der Waals surface area contributed by atoms with Crippen molar-refractivity contribution in [2.45, 2.75) is 57.2 Å². The summed E-state index contributed by atoms with van der Waals surface area (Å²) in [7, 11) is -3.43. The number of aliphatic imine (C=N–C) groups is 1. The molecule has 0 radical (unpaired) electrons. The minimum absolute atomic E-state index is 0.0921. The van der Waals surface area contributed by atoms with Crippen molar-refractivity contribution in [1.29, 1.82) is 0 Å². The zero-order valence-corrected chi connectivity index (χ0v) is 20.0. The Morgan fingerprint density at radius 2 is 2.00 bits per heavy atom. The number of benzene rings is 1. The Morgan fingerprint density at radius 3 is 2.60 bits per heavy atom. The van der Waals surface area contributed by atoms with Gasteiger partial charge < -0.3 is 5.73 Å². The second-order valence-electron chi connectivity index (χ2n) is 9.57. The first-order valence-electron chi connectivity index (χ1n) is 10.3. The molecule has 1 saturated carbocycles. The number of nitrogens with two attached hydrogens (primary N) is 1. The van der Waals surface area contributed by atoms with Crippen LogP contribution in [0.25, 0.3) is 16.2 Å². The van der Waals surface area contributed by atoms with Gasteiger partial charge >= 0.3 is 0 Å². The molecular weight excluding hydrogens is 412 g/mol. The third-order valence-electron chi connectivity index (χ3n) is 6.90. The van der Waals surface area contributed by atoms with Gasteiger partial charge in [-0.1, -0.05) is 31.7 Å². The number of sulfone groups is 1. The molecule has 30 heavy (non-hydrogen) atoms. The molecular formula is C24H30N2O2S2. The Bertz CT molecular complexity index is 1220. The van der Waals surface area contributed by atoms with E-state index in [1.54, 1.807) is 32.1 Å². The standard InChI is InChI=1S/C24H30N2O2S2/c1-14-11-19(14)17-8-9-18-16(3)20(29-21(18)12-17)10-7-15(2)24(6)13-30(27,28)23(4,5)22(25)26-24/h7-10,12,14,19H,2,11,13H2,1,3-6H3,(H2,25,26)/b10-7-/t14?,19?,24-/m0/s1. The van der Waals surface area contributed by atoms with Crippen molar-refractivity contribution in [3.05, 3.63) is 52.4 Å². The monoisotopic (exact) mass is 442 g/mol. The van der Waals surface area contributed by atoms with Gasteiger partial charge in [0.15, 0.2) is 9.84 Å². The number of hydrogen-bond donors (Lipinski definition) is 1. The van der Waals surface area contributed by atoms with Crippen LogP contribution in [0.1, 0.15) is 56.0 Å². The number of nitrogens with zero attached hydrogens (tertiary/aromatic N) is 1. The summed E-state index contributed by atoms with van der Waals surface area (Å²) < 4.78 is 25.7. The highest BCUT2D eigenvalue weighted by Gasteiger charge is 2.48. The number of hydrogen-bond acceptors (Lipinski definition) is 5. The summed E-state index contributed by atoms with van der Waals surface area (Å²) in [6, 6.07) is 6.82. The Balaban J connectivity index is 1.63. The third kappa shape index (κ3) is 3.34. The predicted octanol–water partition coefficient (Wildman–Crippen LogP) is 5.23. The van der Waals surface area contributed by atoms with Gasteiger partial charge in [0.25, 0.3) is 0 Å². The van der Waals surface area contributed by atoms with Gasteiger partial charge in [-0.3, -0.25) is 4.99 Å². The maximum atomic E-state index is 12.8. The molecule has 2 unspecified atom stereocenters. The summed E-state index contributed by atoms with van der Waals surface area (Å²) in [6.45, 7) is 13.6. The summed E-state index contributed by atoms with van der Waals surface area (Å²) in [5.74, 6) is 1.55. The molecule has 0 saturated heterocycles. The van der Waals surface area contributed by atoms with Gasteiger partial charge in [-0.2, -0.15) is 0 Å². The highest BCUT2D eigenvalue weighted by molar-refractivity contribution is 7.93. The van der Waals surface area contributed by atoms with E-state index in [9.17, 15) is 8.42 Å². The molecule has 2 aliphatic rings. The van der Waals surface area contributed by atoms with Crippen molar-refractivity contribution >= 4 is 43.2 Å². The zero-order valence-electron chi connectivity index (χ0n) is 18.3. The highest BCUT2D eigenvalue weighted by Crippen LogP contribution is 2.48. The molecule has 1 aromatic heterocycles. The predicted molar refractivity (Wildman–Crippen MR) is 129 cm³/mol. The first-order chi connectivity index (χ1) is 13.9. The van der Waals surface area contributed by atoms with Crippen LogP contribution in [0.3, 0.4) is 0 Å². The van der Waals surface area contributed by atoms with Crippen molar-refractivity contribution in [1.82, 2.24) is 0 Å². The van der Waals surface area contributed by atoms with E-state index in [1.165, 1.54) is 27.6 Å². The molecule has 1 aliphatic carbocycles. The van der Waals surface area contributed by atoms with E-state index in [4.69, 9.17) is 5.73 Å². The van der Waals surface area contributed by atoms with Crippen LogP contribution in [-0.4, -0.2) is 30.3 Å². The highest BCUT2D eigenvalue weighted by atomic mass is 32.2. The summed E-state index contributed by atoms with van der Waals surface area (Å²) in [5.41, 5.74) is 8.41. The number of rotatable bonds is 4. The fourth-order valence-corrected chi connectivity index (χ4v) is 6.98. The summed E-state index contributed by atoms with van der Waals surface area (Å²) in [5, 5.41) is 1.28. The van der Waals surface area contributed by atoms with Crippen LogP contribution >= 0.6 is 11.3 Å². The lowest BCUT2D eigenvalue weighted by Crippen LogP contribution is -2.56. The molecule has 6 heteroatoms. The van der Waals surface area contributed by atoms with Gasteiger partial charge in [0.05, 0.1) is 11.3 Å². The molecule has 4 rings (SSSR count). The fourth-order valence-electron chi connectivity index (χ4n) is 4.10. The summed E-state index contributed by atoms with van der Waals surface area (Å²) in [6.07, 6.45) is 5.21. The van der Waals surface area contributed by atoms with Crippen LogP contribution in [0, 0.1) is 12.8 Å². The fraction of sp³-hybridized carbons (Fsp3) is 0.458.